The van der Waals surface area contributed by atoms with Gasteiger partial charge >= 0.3 is 0 Å². The molecule has 1 atom stereocenters. The second-order valence-electron chi connectivity index (χ2n) is 5.21. The van der Waals surface area contributed by atoms with E-state index in [0.29, 0.717) is 6.10 Å². The van der Waals surface area contributed by atoms with Crippen LogP contribution in [0.4, 0.5) is 0 Å². The summed E-state index contributed by atoms with van der Waals surface area (Å²) in [7, 11) is 4.75. The van der Waals surface area contributed by atoms with Gasteiger partial charge in [-0.25, -0.2) is 0 Å². The van der Waals surface area contributed by atoms with Crippen molar-refractivity contribution in [1.29, 1.82) is 0 Å². The minimum atomic E-state index is 0.580. The van der Waals surface area contributed by atoms with Crippen molar-refractivity contribution in [1.82, 2.24) is 0 Å². The van der Waals surface area contributed by atoms with Crippen LogP contribution in [0.15, 0.2) is 0 Å². The van der Waals surface area contributed by atoms with Crippen LogP contribution in [0.5, 0.6) is 0 Å². The molecule has 0 N–H and O–H groups in total. The van der Waals surface area contributed by atoms with Crippen molar-refractivity contribution in [3.8, 4) is 0 Å². The number of nitrogens with zero attached hydrogens (tertiary/aromatic N) is 1. The molecule has 0 amide bonds. The van der Waals surface area contributed by atoms with Crippen molar-refractivity contribution in [3.05, 3.63) is 0 Å². The molecule has 1 saturated heterocycles. The zero-order chi connectivity index (χ0) is 9.31. The topological polar surface area (TPSA) is 12.5 Å². The zero-order valence-corrected chi connectivity index (χ0v) is 8.96. The molecule has 2 aliphatic rings. The third-order valence-corrected chi connectivity index (χ3v) is 3.64. The highest BCUT2D eigenvalue weighted by molar-refractivity contribution is 4.72. The minimum absolute atomic E-state index is 0.580. The van der Waals surface area contributed by atoms with Crippen LogP contribution >= 0.6 is 0 Å². The van der Waals surface area contributed by atoms with Gasteiger partial charge in [-0.1, -0.05) is 6.42 Å². The number of quaternary nitrogens is 1. The van der Waals surface area contributed by atoms with Gasteiger partial charge in [0, 0.05) is 0 Å². The average molecular weight is 184 g/mol. The summed E-state index contributed by atoms with van der Waals surface area (Å²) < 4.78 is 6.50. The molecule has 0 aromatic heterocycles. The van der Waals surface area contributed by atoms with Crippen LogP contribution in [0.2, 0.25) is 0 Å². The van der Waals surface area contributed by atoms with E-state index in [-0.39, 0.29) is 0 Å². The molecule has 1 aliphatic heterocycles. The molecular weight excluding hydrogens is 162 g/mol. The highest BCUT2D eigenvalue weighted by Gasteiger charge is 2.36. The van der Waals surface area contributed by atoms with E-state index in [4.69, 9.17) is 4.74 Å². The molecule has 2 heteroatoms. The molecule has 0 radical (unpaired) electrons. The largest absolute Gasteiger partial charge is 0.367 e. The first kappa shape index (κ1) is 9.47. The Bertz CT molecular complexity index is 169. The molecule has 1 aliphatic carbocycles. The van der Waals surface area contributed by atoms with Crippen molar-refractivity contribution in [2.75, 3.05) is 27.2 Å². The Labute approximate surface area is 81.5 Å². The van der Waals surface area contributed by atoms with Crippen LogP contribution in [0, 0.1) is 0 Å². The highest BCUT2D eigenvalue weighted by atomic mass is 16.6. The SMILES string of the molecule is C[N+](C)(CC1CO1)C1CCCCC1. The summed E-state index contributed by atoms with van der Waals surface area (Å²) in [6.07, 6.45) is 7.78. The number of likely N-dealkylation sites (N-methyl/N-ethyl adjacent to an activating group) is 1. The van der Waals surface area contributed by atoms with Crippen LogP contribution in [-0.2, 0) is 4.74 Å². The predicted molar refractivity (Wildman–Crippen MR) is 53.6 cm³/mol. The molecule has 1 unspecified atom stereocenters. The molecule has 13 heavy (non-hydrogen) atoms. The third-order valence-electron chi connectivity index (χ3n) is 3.64. The van der Waals surface area contributed by atoms with Gasteiger partial charge in [-0.2, -0.15) is 0 Å². The quantitative estimate of drug-likeness (QED) is 0.481. The standard InChI is InChI=1S/C11H22NO/c1-12(2,8-11-9-13-11)10-6-4-3-5-7-10/h10-11H,3-9H2,1-2H3/q+1. The Morgan fingerprint density at radius 2 is 1.77 bits per heavy atom. The van der Waals surface area contributed by atoms with Crippen LogP contribution in [0.25, 0.3) is 0 Å². The number of hydrogen-bond acceptors (Lipinski definition) is 1. The zero-order valence-electron chi connectivity index (χ0n) is 8.96. The van der Waals surface area contributed by atoms with Crippen LogP contribution in [0.3, 0.4) is 0 Å². The summed E-state index contributed by atoms with van der Waals surface area (Å²) in [6, 6.07) is 0.901. The average Bonchev–Trinajstić information content (AvgIpc) is 2.89. The fraction of sp³-hybridized carbons (Fsp3) is 1.00. The van der Waals surface area contributed by atoms with E-state index in [1.54, 1.807) is 0 Å². The first-order valence-electron chi connectivity index (χ1n) is 5.63. The van der Waals surface area contributed by atoms with E-state index >= 15 is 0 Å². The van der Waals surface area contributed by atoms with Gasteiger partial charge in [-0.3, -0.25) is 0 Å². The molecule has 76 valence electrons. The minimum Gasteiger partial charge on any atom is -0.367 e. The van der Waals surface area contributed by atoms with Gasteiger partial charge < -0.3 is 9.22 Å². The molecule has 0 aromatic carbocycles. The molecule has 1 heterocycles. The van der Waals surface area contributed by atoms with Crippen molar-refractivity contribution in [2.45, 2.75) is 44.2 Å². The van der Waals surface area contributed by atoms with E-state index in [0.717, 1.165) is 12.6 Å². The van der Waals surface area contributed by atoms with Crippen LogP contribution in [0.1, 0.15) is 32.1 Å². The second-order valence-corrected chi connectivity index (χ2v) is 5.21. The lowest BCUT2D eigenvalue weighted by Gasteiger charge is -2.39. The molecule has 2 fully saturated rings. The smallest absolute Gasteiger partial charge is 0.130 e. The van der Waals surface area contributed by atoms with Crippen molar-refractivity contribution >= 4 is 0 Å². The maximum Gasteiger partial charge on any atom is 0.130 e. The fourth-order valence-electron chi connectivity index (χ4n) is 2.63. The Kier molecular flexibility index (Phi) is 2.61. The Balaban J connectivity index is 1.86. The van der Waals surface area contributed by atoms with Crippen LogP contribution < -0.4 is 0 Å². The molecular formula is C11H22NO+. The lowest BCUT2D eigenvalue weighted by atomic mass is 9.93. The van der Waals surface area contributed by atoms with E-state index < -0.39 is 0 Å². The number of epoxide rings is 1. The van der Waals surface area contributed by atoms with Crippen molar-refractivity contribution in [3.63, 3.8) is 0 Å². The summed E-state index contributed by atoms with van der Waals surface area (Å²) in [6.45, 7) is 2.24. The molecule has 0 aromatic rings. The van der Waals surface area contributed by atoms with E-state index in [1.807, 2.05) is 0 Å². The maximum absolute atomic E-state index is 5.32. The number of ether oxygens (including phenoxy) is 1. The van der Waals surface area contributed by atoms with E-state index in [9.17, 15) is 0 Å². The normalized spacial score (nSPS) is 30.5. The van der Waals surface area contributed by atoms with Gasteiger partial charge in [0.15, 0.2) is 0 Å². The second kappa shape index (κ2) is 3.58. The van der Waals surface area contributed by atoms with Gasteiger partial charge in [0.1, 0.15) is 12.6 Å². The lowest BCUT2D eigenvalue weighted by molar-refractivity contribution is -0.916. The highest BCUT2D eigenvalue weighted by Crippen LogP contribution is 2.27. The first-order chi connectivity index (χ1) is 6.18. The number of rotatable bonds is 3. The Morgan fingerprint density at radius 1 is 1.15 bits per heavy atom. The van der Waals surface area contributed by atoms with Gasteiger partial charge in [0.2, 0.25) is 0 Å². The summed E-state index contributed by atoms with van der Waals surface area (Å²) in [4.78, 5) is 0. The molecule has 0 bridgehead atoms. The summed E-state index contributed by atoms with van der Waals surface area (Å²) in [5.74, 6) is 0. The third kappa shape index (κ3) is 2.44. The summed E-state index contributed by atoms with van der Waals surface area (Å²) in [5.41, 5.74) is 0. The monoisotopic (exact) mass is 184 g/mol. The van der Waals surface area contributed by atoms with Gasteiger partial charge in [0.05, 0.1) is 26.7 Å². The lowest BCUT2D eigenvalue weighted by Crippen LogP contribution is -2.51. The van der Waals surface area contributed by atoms with Crippen molar-refractivity contribution < 1.29 is 9.22 Å². The van der Waals surface area contributed by atoms with E-state index in [2.05, 4.69) is 14.1 Å². The summed E-state index contributed by atoms with van der Waals surface area (Å²) >= 11 is 0. The van der Waals surface area contributed by atoms with Crippen molar-refractivity contribution in [2.24, 2.45) is 0 Å². The molecule has 2 nitrogen and oxygen atoms in total. The van der Waals surface area contributed by atoms with Crippen LogP contribution in [-0.4, -0.2) is 43.9 Å². The Morgan fingerprint density at radius 3 is 2.31 bits per heavy atom. The molecule has 2 rings (SSSR count). The fourth-order valence-corrected chi connectivity index (χ4v) is 2.63. The first-order valence-corrected chi connectivity index (χ1v) is 5.63. The predicted octanol–water partition coefficient (Wildman–Crippen LogP) is 1.79. The Hall–Kier alpha value is -0.0800. The van der Waals surface area contributed by atoms with Gasteiger partial charge in [-0.05, 0) is 25.7 Å². The summed E-state index contributed by atoms with van der Waals surface area (Å²) in [5, 5.41) is 0. The van der Waals surface area contributed by atoms with E-state index in [1.165, 1.54) is 43.1 Å². The number of hydrogen-bond donors (Lipinski definition) is 0. The molecule has 0 spiro atoms. The molecule has 1 saturated carbocycles. The van der Waals surface area contributed by atoms with Gasteiger partial charge in [-0.15, -0.1) is 0 Å². The maximum atomic E-state index is 5.32. The van der Waals surface area contributed by atoms with Gasteiger partial charge in [0.25, 0.3) is 0 Å².